The molecule has 0 aromatic heterocycles. The molecule has 19 heavy (non-hydrogen) atoms. The maximum Gasteiger partial charge on any atom is 0.223 e. The lowest BCUT2D eigenvalue weighted by atomic mass is 9.84. The van der Waals surface area contributed by atoms with Crippen LogP contribution in [0.25, 0.3) is 0 Å². The van der Waals surface area contributed by atoms with Crippen LogP contribution in [0.1, 0.15) is 70.6 Å². The van der Waals surface area contributed by atoms with Crippen LogP contribution in [0.3, 0.4) is 0 Å². The fourth-order valence-electron chi connectivity index (χ4n) is 3.60. The van der Waals surface area contributed by atoms with Gasteiger partial charge in [-0.05, 0) is 31.6 Å². The van der Waals surface area contributed by atoms with Crippen LogP contribution in [0.2, 0.25) is 0 Å². The highest BCUT2D eigenvalue weighted by molar-refractivity contribution is 6.18. The molecule has 0 radical (unpaired) electrons. The first-order valence-corrected chi connectivity index (χ1v) is 8.71. The lowest BCUT2D eigenvalue weighted by Crippen LogP contribution is -2.45. The molecule has 1 amide bonds. The van der Waals surface area contributed by atoms with Crippen LogP contribution in [0, 0.1) is 11.8 Å². The van der Waals surface area contributed by atoms with Gasteiger partial charge in [-0.3, -0.25) is 4.79 Å². The van der Waals surface area contributed by atoms with Crippen LogP contribution in [-0.2, 0) is 4.79 Å². The molecular formula is C16H28ClNO. The molecule has 0 spiro atoms. The number of hydrogen-bond donors (Lipinski definition) is 1. The van der Waals surface area contributed by atoms with Crippen molar-refractivity contribution in [3.8, 4) is 0 Å². The number of alkyl halides is 1. The zero-order chi connectivity index (χ0) is 13.5. The van der Waals surface area contributed by atoms with Crippen molar-refractivity contribution in [2.75, 3.05) is 5.88 Å². The van der Waals surface area contributed by atoms with E-state index >= 15 is 0 Å². The van der Waals surface area contributed by atoms with E-state index in [1.54, 1.807) is 0 Å². The number of nitrogens with one attached hydrogen (secondary N) is 1. The van der Waals surface area contributed by atoms with E-state index in [0.29, 0.717) is 23.7 Å². The molecule has 0 aliphatic heterocycles. The van der Waals surface area contributed by atoms with E-state index < -0.39 is 0 Å². The van der Waals surface area contributed by atoms with Crippen molar-refractivity contribution in [1.82, 2.24) is 5.32 Å². The summed E-state index contributed by atoms with van der Waals surface area (Å²) in [5.74, 6) is 1.75. The van der Waals surface area contributed by atoms with E-state index in [4.69, 9.17) is 11.6 Å². The summed E-state index contributed by atoms with van der Waals surface area (Å²) >= 11 is 6.04. The Morgan fingerprint density at radius 1 is 0.895 bits per heavy atom. The summed E-state index contributed by atoms with van der Waals surface area (Å²) in [6.07, 6.45) is 13.4. The van der Waals surface area contributed by atoms with Gasteiger partial charge in [0, 0.05) is 17.8 Å². The third kappa shape index (κ3) is 4.66. The zero-order valence-corrected chi connectivity index (χ0v) is 12.8. The van der Waals surface area contributed by atoms with Crippen molar-refractivity contribution in [3.05, 3.63) is 0 Å². The first kappa shape index (κ1) is 15.2. The van der Waals surface area contributed by atoms with E-state index in [0.717, 1.165) is 19.3 Å². The van der Waals surface area contributed by atoms with Gasteiger partial charge in [-0.1, -0.05) is 44.9 Å². The number of carbonyl (C=O) groups excluding carboxylic acids is 1. The molecule has 2 saturated carbocycles. The van der Waals surface area contributed by atoms with Gasteiger partial charge >= 0.3 is 0 Å². The minimum atomic E-state index is 0.262. The van der Waals surface area contributed by atoms with Crippen LogP contribution in [0.15, 0.2) is 0 Å². The van der Waals surface area contributed by atoms with Crippen molar-refractivity contribution in [2.45, 2.75) is 76.7 Å². The molecule has 2 atom stereocenters. The van der Waals surface area contributed by atoms with Gasteiger partial charge < -0.3 is 5.32 Å². The van der Waals surface area contributed by atoms with Crippen molar-refractivity contribution >= 4 is 17.5 Å². The fourth-order valence-corrected chi connectivity index (χ4v) is 3.97. The van der Waals surface area contributed by atoms with Crippen molar-refractivity contribution < 1.29 is 4.79 Å². The molecule has 3 heteroatoms. The third-order valence-corrected chi connectivity index (χ3v) is 5.31. The van der Waals surface area contributed by atoms with Gasteiger partial charge in [0.2, 0.25) is 5.91 Å². The molecule has 0 aromatic carbocycles. The maximum atomic E-state index is 12.4. The van der Waals surface area contributed by atoms with Gasteiger partial charge in [0.25, 0.3) is 0 Å². The number of carbonyl (C=O) groups is 1. The largest absolute Gasteiger partial charge is 0.353 e. The molecule has 0 bridgehead atoms. The summed E-state index contributed by atoms with van der Waals surface area (Å²) in [6, 6.07) is 0.337. The molecule has 0 aromatic rings. The summed E-state index contributed by atoms with van der Waals surface area (Å²) in [5, 5.41) is 3.31. The SMILES string of the molecule is O=C(NC1CCCCC1CCl)C1CCCCCCC1. The predicted molar refractivity (Wildman–Crippen MR) is 80.4 cm³/mol. The number of hydrogen-bond acceptors (Lipinski definition) is 1. The van der Waals surface area contributed by atoms with Gasteiger partial charge in [0.15, 0.2) is 0 Å². The Hall–Kier alpha value is -0.240. The first-order valence-electron chi connectivity index (χ1n) is 8.17. The summed E-state index contributed by atoms with van der Waals surface area (Å²) in [4.78, 5) is 12.4. The molecule has 0 saturated heterocycles. The second-order valence-electron chi connectivity index (χ2n) is 6.36. The van der Waals surface area contributed by atoms with Crippen LogP contribution in [0.4, 0.5) is 0 Å². The summed E-state index contributed by atoms with van der Waals surface area (Å²) < 4.78 is 0. The number of halogens is 1. The minimum absolute atomic E-state index is 0.262. The van der Waals surface area contributed by atoms with Gasteiger partial charge in [-0.25, -0.2) is 0 Å². The van der Waals surface area contributed by atoms with E-state index in [-0.39, 0.29) is 5.92 Å². The van der Waals surface area contributed by atoms with Crippen LogP contribution >= 0.6 is 11.6 Å². The van der Waals surface area contributed by atoms with Crippen molar-refractivity contribution in [3.63, 3.8) is 0 Å². The quantitative estimate of drug-likeness (QED) is 0.771. The molecule has 2 aliphatic carbocycles. The van der Waals surface area contributed by atoms with E-state index in [1.807, 2.05) is 0 Å². The first-order chi connectivity index (χ1) is 9.31. The standard InChI is InChI=1S/C16H28ClNO/c17-12-14-10-6-7-11-15(14)18-16(19)13-8-4-2-1-3-5-9-13/h13-15H,1-12H2,(H,18,19). The lowest BCUT2D eigenvalue weighted by Gasteiger charge is -2.32. The molecule has 110 valence electrons. The Bertz CT molecular complexity index is 274. The topological polar surface area (TPSA) is 29.1 Å². The molecule has 2 rings (SSSR count). The van der Waals surface area contributed by atoms with Gasteiger partial charge in [0.1, 0.15) is 0 Å². The number of amides is 1. The number of rotatable bonds is 3. The normalized spacial score (nSPS) is 30.4. The predicted octanol–water partition coefficient (Wildman–Crippen LogP) is 4.26. The van der Waals surface area contributed by atoms with Gasteiger partial charge in [0.05, 0.1) is 0 Å². The van der Waals surface area contributed by atoms with Gasteiger partial charge in [-0.2, -0.15) is 0 Å². The highest BCUT2D eigenvalue weighted by Crippen LogP contribution is 2.27. The van der Waals surface area contributed by atoms with Gasteiger partial charge in [-0.15, -0.1) is 11.6 Å². The van der Waals surface area contributed by atoms with Crippen molar-refractivity contribution in [2.24, 2.45) is 11.8 Å². The molecule has 2 nitrogen and oxygen atoms in total. The van der Waals surface area contributed by atoms with E-state index in [9.17, 15) is 4.79 Å². The van der Waals surface area contributed by atoms with Crippen LogP contribution < -0.4 is 5.32 Å². The third-order valence-electron chi connectivity index (χ3n) is 4.91. The summed E-state index contributed by atoms with van der Waals surface area (Å²) in [6.45, 7) is 0. The highest BCUT2D eigenvalue weighted by atomic mass is 35.5. The Labute approximate surface area is 122 Å². The Morgan fingerprint density at radius 2 is 1.47 bits per heavy atom. The molecule has 0 heterocycles. The van der Waals surface area contributed by atoms with Crippen LogP contribution in [0.5, 0.6) is 0 Å². The molecule has 1 N–H and O–H groups in total. The zero-order valence-electron chi connectivity index (χ0n) is 12.0. The molecular weight excluding hydrogens is 258 g/mol. The molecule has 2 fully saturated rings. The summed E-state index contributed by atoms with van der Waals surface area (Å²) in [5.41, 5.74) is 0. The Balaban J connectivity index is 1.83. The van der Waals surface area contributed by atoms with E-state index in [1.165, 1.54) is 51.4 Å². The monoisotopic (exact) mass is 285 g/mol. The molecule has 2 unspecified atom stereocenters. The minimum Gasteiger partial charge on any atom is -0.353 e. The highest BCUT2D eigenvalue weighted by Gasteiger charge is 2.28. The second kappa shape index (κ2) is 8.14. The second-order valence-corrected chi connectivity index (χ2v) is 6.66. The smallest absolute Gasteiger partial charge is 0.223 e. The maximum absolute atomic E-state index is 12.4. The fraction of sp³-hybridized carbons (Fsp3) is 0.938. The lowest BCUT2D eigenvalue weighted by molar-refractivity contribution is -0.126. The van der Waals surface area contributed by atoms with Crippen LogP contribution in [-0.4, -0.2) is 17.8 Å². The summed E-state index contributed by atoms with van der Waals surface area (Å²) in [7, 11) is 0. The van der Waals surface area contributed by atoms with E-state index in [2.05, 4.69) is 5.32 Å². The van der Waals surface area contributed by atoms with Crippen molar-refractivity contribution in [1.29, 1.82) is 0 Å². The average molecular weight is 286 g/mol. The molecule has 2 aliphatic rings. The Kier molecular flexibility index (Phi) is 6.49. The average Bonchev–Trinajstić information content (AvgIpc) is 2.38. The Morgan fingerprint density at radius 3 is 2.16 bits per heavy atom.